The van der Waals surface area contributed by atoms with Crippen LogP contribution in [0.2, 0.25) is 0 Å². The molecule has 0 aromatic rings. The fourth-order valence-corrected chi connectivity index (χ4v) is 2.10. The Labute approximate surface area is 96.6 Å². The Hall–Kier alpha value is -0.810. The van der Waals surface area contributed by atoms with Gasteiger partial charge < -0.3 is 20.5 Å². The van der Waals surface area contributed by atoms with Crippen molar-refractivity contribution >= 4 is 6.09 Å². The van der Waals surface area contributed by atoms with Gasteiger partial charge in [0, 0.05) is 25.2 Å². The molecule has 1 amide bonds. The van der Waals surface area contributed by atoms with E-state index in [1.54, 1.807) is 0 Å². The second kappa shape index (κ2) is 7.46. The maximum Gasteiger partial charge on any atom is 0.404 e. The Kier molecular flexibility index (Phi) is 6.18. The molecular weight excluding hydrogens is 208 g/mol. The minimum Gasteiger partial charge on any atom is -0.465 e. The molecule has 3 N–H and O–H groups in total. The van der Waals surface area contributed by atoms with E-state index >= 15 is 0 Å². The van der Waals surface area contributed by atoms with Crippen molar-refractivity contribution in [2.45, 2.75) is 44.7 Å². The predicted molar refractivity (Wildman–Crippen MR) is 61.7 cm³/mol. The van der Waals surface area contributed by atoms with Crippen molar-refractivity contribution in [3.8, 4) is 0 Å². The van der Waals surface area contributed by atoms with Crippen molar-refractivity contribution in [1.82, 2.24) is 10.6 Å². The van der Waals surface area contributed by atoms with Gasteiger partial charge in [0.15, 0.2) is 0 Å². The molecule has 1 saturated carbocycles. The van der Waals surface area contributed by atoms with Gasteiger partial charge in [-0.15, -0.1) is 0 Å². The van der Waals surface area contributed by atoms with Crippen molar-refractivity contribution in [3.05, 3.63) is 0 Å². The standard InChI is InChI=1S/C11H22N2O3/c1-2-16-8-7-12-9-3-5-10(6-4-9)13-11(14)15/h9-10,12-13H,2-8H2,1H3,(H,14,15)/t9-,10-. The quantitative estimate of drug-likeness (QED) is 0.599. The van der Waals surface area contributed by atoms with Gasteiger partial charge >= 0.3 is 6.09 Å². The third-order valence-corrected chi connectivity index (χ3v) is 2.94. The fraction of sp³-hybridized carbons (Fsp3) is 0.909. The Morgan fingerprint density at radius 1 is 1.31 bits per heavy atom. The number of hydrogen-bond donors (Lipinski definition) is 3. The Morgan fingerprint density at radius 3 is 2.50 bits per heavy atom. The molecule has 5 nitrogen and oxygen atoms in total. The Morgan fingerprint density at radius 2 is 1.94 bits per heavy atom. The Bertz CT molecular complexity index is 203. The number of amides is 1. The molecule has 0 aliphatic heterocycles. The Balaban J connectivity index is 2.05. The predicted octanol–water partition coefficient (Wildman–Crippen LogP) is 1.19. The first kappa shape index (κ1) is 13.3. The van der Waals surface area contributed by atoms with Gasteiger partial charge in [-0.05, 0) is 32.6 Å². The van der Waals surface area contributed by atoms with E-state index in [1.807, 2.05) is 6.92 Å². The van der Waals surface area contributed by atoms with E-state index in [2.05, 4.69) is 10.6 Å². The SMILES string of the molecule is CCOCCN[C@H]1CC[C@H](NC(=O)O)CC1. The third kappa shape index (κ3) is 5.32. The zero-order chi connectivity index (χ0) is 11.8. The highest BCUT2D eigenvalue weighted by molar-refractivity contribution is 5.64. The molecule has 0 aromatic heterocycles. The van der Waals surface area contributed by atoms with Crippen LogP contribution in [0.1, 0.15) is 32.6 Å². The molecule has 0 radical (unpaired) electrons. The van der Waals surface area contributed by atoms with Crippen molar-refractivity contribution in [2.75, 3.05) is 19.8 Å². The fourth-order valence-electron chi connectivity index (χ4n) is 2.10. The summed E-state index contributed by atoms with van der Waals surface area (Å²) >= 11 is 0. The molecule has 1 aliphatic rings. The van der Waals surface area contributed by atoms with Crippen LogP contribution < -0.4 is 10.6 Å². The largest absolute Gasteiger partial charge is 0.465 e. The molecule has 1 aliphatic carbocycles. The zero-order valence-electron chi connectivity index (χ0n) is 9.87. The number of ether oxygens (including phenoxy) is 1. The minimum absolute atomic E-state index is 0.141. The molecule has 0 aromatic carbocycles. The second-order valence-corrected chi connectivity index (χ2v) is 4.15. The van der Waals surface area contributed by atoms with E-state index in [9.17, 15) is 4.79 Å². The molecule has 0 bridgehead atoms. The zero-order valence-corrected chi connectivity index (χ0v) is 9.87. The van der Waals surface area contributed by atoms with Gasteiger partial charge in [0.05, 0.1) is 6.61 Å². The van der Waals surface area contributed by atoms with Crippen LogP contribution >= 0.6 is 0 Å². The van der Waals surface area contributed by atoms with Crippen LogP contribution in [0.3, 0.4) is 0 Å². The first-order valence-electron chi connectivity index (χ1n) is 6.03. The lowest BCUT2D eigenvalue weighted by Gasteiger charge is -2.29. The van der Waals surface area contributed by atoms with Crippen LogP contribution in [-0.4, -0.2) is 43.0 Å². The van der Waals surface area contributed by atoms with Crippen LogP contribution in [0.5, 0.6) is 0 Å². The van der Waals surface area contributed by atoms with E-state index in [-0.39, 0.29) is 6.04 Å². The monoisotopic (exact) mass is 230 g/mol. The lowest BCUT2D eigenvalue weighted by Crippen LogP contribution is -2.42. The average Bonchev–Trinajstić information content (AvgIpc) is 2.26. The summed E-state index contributed by atoms with van der Waals surface area (Å²) in [4.78, 5) is 10.4. The highest BCUT2D eigenvalue weighted by atomic mass is 16.5. The van der Waals surface area contributed by atoms with Crippen LogP contribution in [0.15, 0.2) is 0 Å². The van der Waals surface area contributed by atoms with Gasteiger partial charge in [-0.3, -0.25) is 0 Å². The van der Waals surface area contributed by atoms with E-state index in [0.29, 0.717) is 6.04 Å². The first-order valence-corrected chi connectivity index (χ1v) is 6.03. The topological polar surface area (TPSA) is 70.6 Å². The lowest BCUT2D eigenvalue weighted by atomic mass is 9.91. The number of carboxylic acid groups (broad SMARTS) is 1. The molecular formula is C11H22N2O3. The van der Waals surface area contributed by atoms with Crippen LogP contribution in [-0.2, 0) is 4.74 Å². The summed E-state index contributed by atoms with van der Waals surface area (Å²) in [6.07, 6.45) is 3.03. The van der Waals surface area contributed by atoms with E-state index < -0.39 is 6.09 Å². The van der Waals surface area contributed by atoms with Crippen molar-refractivity contribution in [3.63, 3.8) is 0 Å². The summed E-state index contributed by atoms with van der Waals surface area (Å²) < 4.78 is 5.25. The van der Waals surface area contributed by atoms with Gasteiger partial charge in [-0.2, -0.15) is 0 Å². The van der Waals surface area contributed by atoms with Crippen LogP contribution in [0.25, 0.3) is 0 Å². The molecule has 0 spiro atoms. The molecule has 0 atom stereocenters. The van der Waals surface area contributed by atoms with E-state index in [0.717, 1.165) is 45.4 Å². The van der Waals surface area contributed by atoms with E-state index in [1.165, 1.54) is 0 Å². The van der Waals surface area contributed by atoms with Gasteiger partial charge in [0.25, 0.3) is 0 Å². The highest BCUT2D eigenvalue weighted by Gasteiger charge is 2.21. The average molecular weight is 230 g/mol. The molecule has 0 unspecified atom stereocenters. The number of nitrogens with one attached hydrogen (secondary N) is 2. The summed E-state index contributed by atoms with van der Waals surface area (Å²) in [5, 5.41) is 14.6. The molecule has 1 rings (SSSR count). The van der Waals surface area contributed by atoms with Crippen molar-refractivity contribution in [2.24, 2.45) is 0 Å². The smallest absolute Gasteiger partial charge is 0.404 e. The summed E-state index contributed by atoms with van der Waals surface area (Å²) in [6, 6.07) is 0.662. The number of hydrogen-bond acceptors (Lipinski definition) is 3. The minimum atomic E-state index is -0.909. The summed E-state index contributed by atoms with van der Waals surface area (Å²) in [7, 11) is 0. The lowest BCUT2D eigenvalue weighted by molar-refractivity contribution is 0.143. The normalized spacial score (nSPS) is 25.3. The van der Waals surface area contributed by atoms with Crippen molar-refractivity contribution < 1.29 is 14.6 Å². The maximum atomic E-state index is 10.4. The molecule has 16 heavy (non-hydrogen) atoms. The van der Waals surface area contributed by atoms with E-state index in [4.69, 9.17) is 9.84 Å². The number of carbonyl (C=O) groups is 1. The molecule has 1 fully saturated rings. The molecule has 0 heterocycles. The van der Waals surface area contributed by atoms with Crippen molar-refractivity contribution in [1.29, 1.82) is 0 Å². The third-order valence-electron chi connectivity index (χ3n) is 2.94. The van der Waals surface area contributed by atoms with Gasteiger partial charge in [-0.25, -0.2) is 4.79 Å². The number of rotatable bonds is 6. The molecule has 94 valence electrons. The van der Waals surface area contributed by atoms with Gasteiger partial charge in [0.1, 0.15) is 0 Å². The summed E-state index contributed by atoms with van der Waals surface area (Å²) in [6.45, 7) is 4.39. The second-order valence-electron chi connectivity index (χ2n) is 4.15. The molecule has 5 heteroatoms. The van der Waals surface area contributed by atoms with Crippen LogP contribution in [0.4, 0.5) is 4.79 Å². The summed E-state index contributed by atoms with van der Waals surface area (Å²) in [5.74, 6) is 0. The van der Waals surface area contributed by atoms with Gasteiger partial charge in [-0.1, -0.05) is 0 Å². The molecule has 0 saturated heterocycles. The van der Waals surface area contributed by atoms with Gasteiger partial charge in [0.2, 0.25) is 0 Å². The maximum absolute atomic E-state index is 10.4. The van der Waals surface area contributed by atoms with Crippen LogP contribution in [0, 0.1) is 0 Å². The highest BCUT2D eigenvalue weighted by Crippen LogP contribution is 2.18. The summed E-state index contributed by atoms with van der Waals surface area (Å²) in [5.41, 5.74) is 0. The first-order chi connectivity index (χ1) is 7.72.